The molecular formula is C13H17N5O2. The largest absolute Gasteiger partial charge is 0.346 e. The molecule has 0 radical (unpaired) electrons. The Hall–Kier alpha value is -2.41. The Labute approximate surface area is 115 Å². The van der Waals surface area contributed by atoms with Crippen molar-refractivity contribution in [1.29, 1.82) is 0 Å². The number of aryl methyl sites for hydroxylation is 1. The summed E-state index contributed by atoms with van der Waals surface area (Å²) in [5, 5.41) is 6.84. The predicted molar refractivity (Wildman–Crippen MR) is 77.2 cm³/mol. The van der Waals surface area contributed by atoms with E-state index in [-0.39, 0.29) is 5.82 Å². The highest BCUT2D eigenvalue weighted by atomic mass is 16.2. The summed E-state index contributed by atoms with van der Waals surface area (Å²) in [6.45, 7) is 0.593. The van der Waals surface area contributed by atoms with Crippen LogP contribution < -0.4 is 22.3 Å². The van der Waals surface area contributed by atoms with E-state index in [2.05, 4.69) is 10.4 Å². The van der Waals surface area contributed by atoms with Gasteiger partial charge in [0.15, 0.2) is 0 Å². The number of aromatic nitrogens is 3. The molecule has 0 fully saturated rings. The molecule has 1 aromatic carbocycles. The molecule has 0 saturated carbocycles. The van der Waals surface area contributed by atoms with Crippen LogP contribution in [0.2, 0.25) is 0 Å². The van der Waals surface area contributed by atoms with Crippen molar-refractivity contribution in [3.8, 4) is 0 Å². The van der Waals surface area contributed by atoms with E-state index in [0.29, 0.717) is 6.54 Å². The minimum absolute atomic E-state index is 0.112. The monoisotopic (exact) mass is 275 g/mol. The molecule has 0 spiro atoms. The molecule has 0 aliphatic carbocycles. The Morgan fingerprint density at radius 3 is 2.45 bits per heavy atom. The van der Waals surface area contributed by atoms with Crippen molar-refractivity contribution in [1.82, 2.24) is 14.3 Å². The normalized spacial score (nSPS) is 10.6. The first-order chi connectivity index (χ1) is 9.52. The summed E-state index contributed by atoms with van der Waals surface area (Å²) in [5.74, 6) is 0.112. The van der Waals surface area contributed by atoms with Gasteiger partial charge in [-0.1, -0.05) is 12.1 Å². The summed E-state index contributed by atoms with van der Waals surface area (Å²) in [5.41, 5.74) is 6.42. The van der Waals surface area contributed by atoms with Gasteiger partial charge < -0.3 is 11.1 Å². The number of nitrogens with one attached hydrogen (secondary N) is 1. The molecule has 20 heavy (non-hydrogen) atoms. The van der Waals surface area contributed by atoms with Crippen LogP contribution in [0.1, 0.15) is 5.56 Å². The third-order valence-corrected chi connectivity index (χ3v) is 2.97. The van der Waals surface area contributed by atoms with Crippen molar-refractivity contribution in [2.75, 3.05) is 11.9 Å². The topological polar surface area (TPSA) is 94.9 Å². The molecule has 0 bridgehead atoms. The van der Waals surface area contributed by atoms with E-state index in [1.165, 1.54) is 14.1 Å². The minimum Gasteiger partial charge on any atom is -0.334 e. The lowest BCUT2D eigenvalue weighted by Gasteiger charge is -2.08. The van der Waals surface area contributed by atoms with Crippen molar-refractivity contribution in [3.63, 3.8) is 0 Å². The Morgan fingerprint density at radius 2 is 1.85 bits per heavy atom. The summed E-state index contributed by atoms with van der Waals surface area (Å²) in [7, 11) is 2.92. The third-order valence-electron chi connectivity index (χ3n) is 2.97. The Balaban J connectivity index is 2.31. The summed E-state index contributed by atoms with van der Waals surface area (Å²) in [6, 6.07) is 7.55. The highest BCUT2D eigenvalue weighted by molar-refractivity contribution is 5.55. The summed E-state index contributed by atoms with van der Waals surface area (Å²) in [6.07, 6.45) is 0.806. The van der Waals surface area contributed by atoms with Crippen LogP contribution in [0.3, 0.4) is 0 Å². The summed E-state index contributed by atoms with van der Waals surface area (Å²) >= 11 is 0. The van der Waals surface area contributed by atoms with Crippen molar-refractivity contribution in [2.24, 2.45) is 19.8 Å². The van der Waals surface area contributed by atoms with Gasteiger partial charge in [-0.3, -0.25) is 9.36 Å². The fourth-order valence-corrected chi connectivity index (χ4v) is 1.83. The Morgan fingerprint density at radius 1 is 1.20 bits per heavy atom. The number of hydrogen-bond donors (Lipinski definition) is 2. The van der Waals surface area contributed by atoms with Crippen LogP contribution in [0.5, 0.6) is 0 Å². The highest BCUT2D eigenvalue weighted by Gasteiger charge is 2.08. The van der Waals surface area contributed by atoms with E-state index in [1.807, 2.05) is 24.3 Å². The first-order valence-corrected chi connectivity index (χ1v) is 6.23. The molecule has 7 heteroatoms. The number of benzene rings is 1. The van der Waals surface area contributed by atoms with Gasteiger partial charge in [-0.2, -0.15) is 0 Å². The molecule has 0 saturated heterocycles. The molecule has 0 aliphatic rings. The number of anilines is 2. The summed E-state index contributed by atoms with van der Waals surface area (Å²) in [4.78, 5) is 23.5. The van der Waals surface area contributed by atoms with Crippen LogP contribution >= 0.6 is 0 Å². The fraction of sp³-hybridized carbons (Fsp3) is 0.308. The average molecular weight is 275 g/mol. The molecule has 0 atom stereocenters. The van der Waals surface area contributed by atoms with E-state index in [9.17, 15) is 9.59 Å². The first kappa shape index (κ1) is 14.0. The van der Waals surface area contributed by atoms with Crippen LogP contribution in [-0.4, -0.2) is 20.9 Å². The van der Waals surface area contributed by atoms with E-state index in [1.54, 1.807) is 0 Å². The van der Waals surface area contributed by atoms with Crippen LogP contribution in [0, 0.1) is 0 Å². The molecular weight excluding hydrogens is 258 g/mol. The zero-order chi connectivity index (χ0) is 14.7. The lowest BCUT2D eigenvalue weighted by molar-refractivity contribution is 0.606. The minimum atomic E-state index is -0.459. The molecule has 1 aromatic heterocycles. The van der Waals surface area contributed by atoms with Crippen LogP contribution in [-0.2, 0) is 20.5 Å². The predicted octanol–water partition coefficient (Wildman–Crippen LogP) is -0.276. The Kier molecular flexibility index (Phi) is 3.99. The second kappa shape index (κ2) is 5.70. The second-order valence-electron chi connectivity index (χ2n) is 4.48. The third kappa shape index (κ3) is 2.77. The number of nitrogens with two attached hydrogens (primary N) is 1. The van der Waals surface area contributed by atoms with Gasteiger partial charge in [0.05, 0.1) is 0 Å². The molecule has 0 aliphatic heterocycles. The van der Waals surface area contributed by atoms with Crippen LogP contribution in [0.25, 0.3) is 0 Å². The maximum atomic E-state index is 11.9. The number of hydrogen-bond acceptors (Lipinski definition) is 5. The molecule has 0 amide bonds. The van der Waals surface area contributed by atoms with Gasteiger partial charge in [0, 0.05) is 19.8 Å². The molecule has 2 rings (SSSR count). The summed E-state index contributed by atoms with van der Waals surface area (Å²) < 4.78 is 2.13. The van der Waals surface area contributed by atoms with E-state index in [0.717, 1.165) is 26.9 Å². The number of nitrogens with zero attached hydrogens (tertiary/aromatic N) is 3. The zero-order valence-corrected chi connectivity index (χ0v) is 11.5. The maximum Gasteiger partial charge on any atom is 0.346 e. The van der Waals surface area contributed by atoms with Crippen molar-refractivity contribution < 1.29 is 0 Å². The van der Waals surface area contributed by atoms with Gasteiger partial charge >= 0.3 is 5.69 Å². The van der Waals surface area contributed by atoms with Crippen molar-refractivity contribution in [3.05, 3.63) is 50.7 Å². The van der Waals surface area contributed by atoms with E-state index < -0.39 is 11.2 Å². The van der Waals surface area contributed by atoms with E-state index >= 15 is 0 Å². The van der Waals surface area contributed by atoms with Gasteiger partial charge in [0.1, 0.15) is 0 Å². The van der Waals surface area contributed by atoms with Gasteiger partial charge in [0.2, 0.25) is 5.82 Å². The number of rotatable bonds is 4. The Bertz CT molecular complexity index is 715. The first-order valence-electron chi connectivity index (χ1n) is 6.23. The second-order valence-corrected chi connectivity index (χ2v) is 4.48. The lowest BCUT2D eigenvalue weighted by atomic mass is 10.1. The SMILES string of the molecule is Cn1nc(Nc2ccc(CCN)cc2)c(=O)n(C)c1=O. The smallest absolute Gasteiger partial charge is 0.334 e. The van der Waals surface area contributed by atoms with E-state index in [4.69, 9.17) is 5.73 Å². The van der Waals surface area contributed by atoms with Gasteiger partial charge in [-0.25, -0.2) is 9.48 Å². The average Bonchev–Trinajstić information content (AvgIpc) is 2.45. The molecule has 1 heterocycles. The van der Waals surface area contributed by atoms with Crippen LogP contribution in [0.4, 0.5) is 11.5 Å². The lowest BCUT2D eigenvalue weighted by Crippen LogP contribution is -2.39. The van der Waals surface area contributed by atoms with Gasteiger partial charge in [0.25, 0.3) is 5.56 Å². The molecule has 0 unspecified atom stereocenters. The molecule has 3 N–H and O–H groups in total. The molecule has 106 valence electrons. The zero-order valence-electron chi connectivity index (χ0n) is 11.5. The van der Waals surface area contributed by atoms with Gasteiger partial charge in [-0.15, -0.1) is 5.10 Å². The molecule has 2 aromatic rings. The van der Waals surface area contributed by atoms with Crippen molar-refractivity contribution >= 4 is 11.5 Å². The fourth-order valence-electron chi connectivity index (χ4n) is 1.83. The van der Waals surface area contributed by atoms with Crippen LogP contribution in [0.15, 0.2) is 33.9 Å². The standard InChI is InChI=1S/C13H17N5O2/c1-17-12(19)11(16-18(2)13(17)20)15-10-5-3-9(4-6-10)7-8-14/h3-6H,7-8,14H2,1-2H3,(H,15,16). The quantitative estimate of drug-likeness (QED) is 0.800. The maximum absolute atomic E-state index is 11.9. The highest BCUT2D eigenvalue weighted by Crippen LogP contribution is 2.12. The van der Waals surface area contributed by atoms with Gasteiger partial charge in [-0.05, 0) is 30.7 Å². The molecule has 7 nitrogen and oxygen atoms in total. The van der Waals surface area contributed by atoms with Crippen molar-refractivity contribution in [2.45, 2.75) is 6.42 Å².